The lowest BCUT2D eigenvalue weighted by Gasteiger charge is -2.17. The van der Waals surface area contributed by atoms with Gasteiger partial charge in [0.15, 0.2) is 0 Å². The fourth-order valence-corrected chi connectivity index (χ4v) is 1.38. The van der Waals surface area contributed by atoms with Crippen molar-refractivity contribution in [1.29, 1.82) is 0 Å². The van der Waals surface area contributed by atoms with Crippen LogP contribution in [0.4, 0.5) is 0 Å². The molecular formula is C12H20N2O2. The van der Waals surface area contributed by atoms with Gasteiger partial charge in [0.25, 0.3) is 0 Å². The predicted octanol–water partition coefficient (Wildman–Crippen LogP) is 2.42. The number of hydrogen-bond acceptors (Lipinski definition) is 2. The highest BCUT2D eigenvalue weighted by molar-refractivity contribution is 6.33. The molecule has 0 saturated carbocycles. The summed E-state index contributed by atoms with van der Waals surface area (Å²) in [5.41, 5.74) is 7.19. The zero-order chi connectivity index (χ0) is 12.6. The molecule has 0 amide bonds. The molecule has 0 aromatic rings. The topological polar surface area (TPSA) is 70.5 Å². The first-order chi connectivity index (χ1) is 7.46. The summed E-state index contributed by atoms with van der Waals surface area (Å²) in [6, 6.07) is 0. The van der Waals surface area contributed by atoms with E-state index in [1.54, 1.807) is 13.8 Å². The maximum Gasteiger partial charge on any atom is 0.324 e. The van der Waals surface area contributed by atoms with Gasteiger partial charge in [-0.05, 0) is 20.3 Å². The molecule has 0 bridgehead atoms. The van der Waals surface area contributed by atoms with Crippen molar-refractivity contribution in [3.63, 3.8) is 0 Å². The highest BCUT2D eigenvalue weighted by Gasteiger charge is 2.35. The van der Waals surface area contributed by atoms with Crippen molar-refractivity contribution >= 4 is 17.8 Å². The molecule has 0 spiro atoms. The molecule has 0 aliphatic carbocycles. The van der Waals surface area contributed by atoms with Crippen LogP contribution in [0.25, 0.3) is 5.53 Å². The third kappa shape index (κ3) is 4.49. The van der Waals surface area contributed by atoms with E-state index < -0.39 is 11.2 Å². The summed E-state index contributed by atoms with van der Waals surface area (Å²) in [6.45, 7) is 5.24. The average molecular weight is 224 g/mol. The van der Waals surface area contributed by atoms with E-state index in [4.69, 9.17) is 5.53 Å². The summed E-state index contributed by atoms with van der Waals surface area (Å²) in [6.07, 6.45) is 5.27. The lowest BCUT2D eigenvalue weighted by Crippen LogP contribution is -2.34. The van der Waals surface area contributed by atoms with Crippen molar-refractivity contribution in [2.24, 2.45) is 5.41 Å². The largest absolute Gasteiger partial charge is 0.361 e. The molecule has 4 heteroatoms. The average Bonchev–Trinajstić information content (AvgIpc) is 2.24. The smallest absolute Gasteiger partial charge is 0.324 e. The summed E-state index contributed by atoms with van der Waals surface area (Å²) in [4.78, 5) is 25.9. The van der Waals surface area contributed by atoms with Gasteiger partial charge in [-0.25, -0.2) is 0 Å². The molecule has 0 atom stereocenters. The molecule has 0 aliphatic rings. The van der Waals surface area contributed by atoms with E-state index in [0.717, 1.165) is 31.9 Å². The summed E-state index contributed by atoms with van der Waals surface area (Å²) in [5.74, 6) is -0.538. The summed E-state index contributed by atoms with van der Waals surface area (Å²) < 4.78 is 0. The number of carbonyl (C=O) groups excluding carboxylic acids is 2. The Hall–Kier alpha value is -1.28. The number of nitrogens with zero attached hydrogens (tertiary/aromatic N) is 2. The van der Waals surface area contributed by atoms with Crippen molar-refractivity contribution < 1.29 is 14.4 Å². The summed E-state index contributed by atoms with van der Waals surface area (Å²) >= 11 is 0. The van der Waals surface area contributed by atoms with E-state index in [0.29, 0.717) is 6.42 Å². The molecule has 0 aromatic carbocycles. The molecule has 4 nitrogen and oxygen atoms in total. The van der Waals surface area contributed by atoms with Crippen molar-refractivity contribution in [3.8, 4) is 0 Å². The fourth-order valence-electron chi connectivity index (χ4n) is 1.38. The predicted molar refractivity (Wildman–Crippen MR) is 62.2 cm³/mol. The maximum atomic E-state index is 11.8. The number of hydrogen-bond donors (Lipinski definition) is 0. The van der Waals surface area contributed by atoms with Crippen LogP contribution in [0.3, 0.4) is 0 Å². The lowest BCUT2D eigenvalue weighted by molar-refractivity contribution is -0.136. The Labute approximate surface area is 96.7 Å². The van der Waals surface area contributed by atoms with Crippen molar-refractivity contribution in [2.75, 3.05) is 0 Å². The van der Waals surface area contributed by atoms with Gasteiger partial charge in [0.2, 0.25) is 5.78 Å². The molecule has 16 heavy (non-hydrogen) atoms. The molecule has 0 fully saturated rings. The SMILES string of the molecule is CCCCCCC(=O)C(C)(C)C(=O)C=[N+]=[N-]. The maximum absolute atomic E-state index is 11.8. The van der Waals surface area contributed by atoms with Gasteiger partial charge >= 0.3 is 6.21 Å². The standard InChI is InChI=1S/C12H20N2O2/c1-4-5-6-7-8-10(15)12(2,3)11(16)9-14-13/h9H,4-8H2,1-3H3. The molecular weight excluding hydrogens is 204 g/mol. The molecule has 0 saturated heterocycles. The number of rotatable bonds is 8. The van der Waals surface area contributed by atoms with Gasteiger partial charge in [0.05, 0.1) is 5.41 Å². The van der Waals surface area contributed by atoms with Crippen molar-refractivity contribution in [3.05, 3.63) is 5.53 Å². The van der Waals surface area contributed by atoms with Crippen LogP contribution >= 0.6 is 0 Å². The van der Waals surface area contributed by atoms with E-state index in [1.807, 2.05) is 0 Å². The zero-order valence-corrected chi connectivity index (χ0v) is 10.3. The van der Waals surface area contributed by atoms with E-state index in [1.165, 1.54) is 0 Å². The zero-order valence-electron chi connectivity index (χ0n) is 10.3. The Morgan fingerprint density at radius 1 is 1.25 bits per heavy atom. The van der Waals surface area contributed by atoms with Crippen LogP contribution in [-0.4, -0.2) is 22.6 Å². The summed E-state index contributed by atoms with van der Waals surface area (Å²) in [5, 5.41) is 0. The molecule has 0 heterocycles. The summed E-state index contributed by atoms with van der Waals surface area (Å²) in [7, 11) is 0. The van der Waals surface area contributed by atoms with E-state index in [2.05, 4.69) is 11.7 Å². The molecule has 0 aromatic heterocycles. The third-order valence-corrected chi connectivity index (χ3v) is 2.75. The van der Waals surface area contributed by atoms with E-state index in [9.17, 15) is 9.59 Å². The lowest BCUT2D eigenvalue weighted by atomic mass is 9.81. The Bertz CT molecular complexity index is 302. The van der Waals surface area contributed by atoms with Gasteiger partial charge in [-0.1, -0.05) is 26.2 Å². The molecule has 0 N–H and O–H groups in total. The second-order valence-corrected chi connectivity index (χ2v) is 4.47. The van der Waals surface area contributed by atoms with Gasteiger partial charge in [0.1, 0.15) is 5.78 Å². The monoisotopic (exact) mass is 224 g/mol. The minimum atomic E-state index is -1.07. The first kappa shape index (κ1) is 14.7. The van der Waals surface area contributed by atoms with Gasteiger partial charge in [0, 0.05) is 6.42 Å². The first-order valence-corrected chi connectivity index (χ1v) is 5.72. The van der Waals surface area contributed by atoms with Crippen LogP contribution in [0, 0.1) is 5.41 Å². The Kier molecular flexibility index (Phi) is 6.50. The minimum Gasteiger partial charge on any atom is -0.361 e. The molecule has 0 radical (unpaired) electrons. The fraction of sp³-hybridized carbons (Fsp3) is 0.750. The number of unbranched alkanes of at least 4 members (excludes halogenated alkanes) is 3. The van der Waals surface area contributed by atoms with Crippen LogP contribution in [0.2, 0.25) is 0 Å². The highest BCUT2D eigenvalue weighted by atomic mass is 16.2. The van der Waals surface area contributed by atoms with Crippen LogP contribution in [0.5, 0.6) is 0 Å². The molecule has 90 valence electrons. The van der Waals surface area contributed by atoms with Crippen LogP contribution in [0.15, 0.2) is 0 Å². The van der Waals surface area contributed by atoms with Gasteiger partial charge in [-0.2, -0.15) is 4.79 Å². The first-order valence-electron chi connectivity index (χ1n) is 5.72. The Morgan fingerprint density at radius 2 is 1.88 bits per heavy atom. The molecule has 0 rings (SSSR count). The minimum absolute atomic E-state index is 0.0893. The molecule has 0 aliphatic heterocycles. The third-order valence-electron chi connectivity index (χ3n) is 2.75. The number of carbonyl (C=O) groups is 2. The van der Waals surface area contributed by atoms with Crippen molar-refractivity contribution in [2.45, 2.75) is 52.9 Å². The van der Waals surface area contributed by atoms with Crippen LogP contribution in [-0.2, 0) is 9.59 Å². The van der Waals surface area contributed by atoms with E-state index >= 15 is 0 Å². The van der Waals surface area contributed by atoms with Gasteiger partial charge in [-0.15, -0.1) is 0 Å². The normalized spacial score (nSPS) is 10.7. The van der Waals surface area contributed by atoms with E-state index in [-0.39, 0.29) is 5.78 Å². The Balaban J connectivity index is 4.24. The second-order valence-electron chi connectivity index (χ2n) is 4.47. The highest BCUT2D eigenvalue weighted by Crippen LogP contribution is 2.20. The van der Waals surface area contributed by atoms with Crippen LogP contribution < -0.4 is 0 Å². The quantitative estimate of drug-likeness (QED) is 0.209. The number of ketones is 2. The second kappa shape index (κ2) is 7.07. The van der Waals surface area contributed by atoms with Crippen LogP contribution in [0.1, 0.15) is 52.9 Å². The number of Topliss-reactive ketones (excluding diaryl/α,β-unsaturated/α-hetero) is 2. The van der Waals surface area contributed by atoms with Gasteiger partial charge in [-0.3, -0.25) is 9.59 Å². The van der Waals surface area contributed by atoms with Crippen molar-refractivity contribution in [1.82, 2.24) is 0 Å². The van der Waals surface area contributed by atoms with Gasteiger partial charge < -0.3 is 5.53 Å². The Morgan fingerprint density at radius 3 is 2.38 bits per heavy atom. The molecule has 0 unspecified atom stereocenters.